The number of para-hydroxylation sites is 1. The van der Waals surface area contributed by atoms with Gasteiger partial charge < -0.3 is 9.84 Å². The molecule has 0 aliphatic rings. The molecule has 1 atom stereocenters. The Bertz CT molecular complexity index is 673. The third-order valence-electron chi connectivity index (χ3n) is 3.99. The SMILES string of the molecule is O=C(O)C(S)CCCCCc1ccccc1OCc1ccc(Cl)cc1. The minimum atomic E-state index is -0.843. The van der Waals surface area contributed by atoms with Crippen LogP contribution in [0.4, 0.5) is 0 Å². The number of aryl methyl sites for hydroxylation is 1. The molecule has 25 heavy (non-hydrogen) atoms. The van der Waals surface area contributed by atoms with Gasteiger partial charge in [-0.25, -0.2) is 0 Å². The molecule has 0 amide bonds. The molecule has 2 aromatic carbocycles. The average molecular weight is 379 g/mol. The van der Waals surface area contributed by atoms with Crippen molar-refractivity contribution in [1.29, 1.82) is 0 Å². The lowest BCUT2D eigenvalue weighted by Crippen LogP contribution is -2.12. The number of rotatable bonds is 10. The van der Waals surface area contributed by atoms with Crippen molar-refractivity contribution in [2.45, 2.75) is 44.0 Å². The van der Waals surface area contributed by atoms with E-state index in [0.717, 1.165) is 42.0 Å². The topological polar surface area (TPSA) is 46.5 Å². The summed E-state index contributed by atoms with van der Waals surface area (Å²) in [6.45, 7) is 0.508. The molecule has 1 unspecified atom stereocenters. The Labute approximate surface area is 159 Å². The van der Waals surface area contributed by atoms with Crippen molar-refractivity contribution in [3.8, 4) is 5.75 Å². The first kappa shape index (κ1) is 19.7. The molecule has 2 aromatic rings. The van der Waals surface area contributed by atoms with Crippen molar-refractivity contribution in [1.82, 2.24) is 0 Å². The van der Waals surface area contributed by atoms with E-state index in [0.29, 0.717) is 13.0 Å². The molecule has 0 heterocycles. The molecule has 0 spiro atoms. The predicted molar refractivity (Wildman–Crippen MR) is 105 cm³/mol. The summed E-state index contributed by atoms with van der Waals surface area (Å²) in [5, 5.41) is 8.98. The molecule has 134 valence electrons. The van der Waals surface area contributed by atoms with Crippen molar-refractivity contribution >= 4 is 30.2 Å². The van der Waals surface area contributed by atoms with Gasteiger partial charge in [0.1, 0.15) is 12.4 Å². The molecule has 0 aliphatic heterocycles. The molecule has 1 N–H and O–H groups in total. The molecule has 0 saturated carbocycles. The Morgan fingerprint density at radius 1 is 1.08 bits per heavy atom. The van der Waals surface area contributed by atoms with Crippen LogP contribution in [0, 0.1) is 0 Å². The second-order valence-corrected chi connectivity index (χ2v) is 7.04. The third kappa shape index (κ3) is 7.00. The first-order valence-corrected chi connectivity index (χ1v) is 9.31. The molecule has 0 radical (unpaired) electrons. The highest BCUT2D eigenvalue weighted by Crippen LogP contribution is 2.22. The van der Waals surface area contributed by atoms with Crippen molar-refractivity contribution in [3.05, 3.63) is 64.7 Å². The van der Waals surface area contributed by atoms with Crippen molar-refractivity contribution in [2.75, 3.05) is 0 Å². The van der Waals surface area contributed by atoms with Crippen LogP contribution >= 0.6 is 24.2 Å². The monoisotopic (exact) mass is 378 g/mol. The predicted octanol–water partition coefficient (Wildman–Crippen LogP) is 5.40. The van der Waals surface area contributed by atoms with Crippen LogP contribution in [0.1, 0.15) is 36.8 Å². The number of halogens is 1. The zero-order chi connectivity index (χ0) is 18.1. The Morgan fingerprint density at radius 2 is 1.80 bits per heavy atom. The van der Waals surface area contributed by atoms with E-state index in [2.05, 4.69) is 18.7 Å². The molecule has 0 aliphatic carbocycles. The smallest absolute Gasteiger partial charge is 0.316 e. The zero-order valence-electron chi connectivity index (χ0n) is 14.0. The van der Waals surface area contributed by atoms with Crippen LogP contribution < -0.4 is 4.74 Å². The Kier molecular flexibility index (Phi) is 8.16. The van der Waals surface area contributed by atoms with Gasteiger partial charge >= 0.3 is 5.97 Å². The number of carbonyl (C=O) groups is 1. The zero-order valence-corrected chi connectivity index (χ0v) is 15.7. The number of benzene rings is 2. The molecule has 0 bridgehead atoms. The molecular formula is C20H23ClO3S. The second-order valence-electron chi connectivity index (χ2n) is 5.98. The lowest BCUT2D eigenvalue weighted by molar-refractivity contribution is -0.136. The van der Waals surface area contributed by atoms with E-state index in [1.54, 1.807) is 0 Å². The van der Waals surface area contributed by atoms with E-state index >= 15 is 0 Å². The van der Waals surface area contributed by atoms with Gasteiger partial charge in [-0.1, -0.05) is 54.8 Å². The summed E-state index contributed by atoms with van der Waals surface area (Å²) in [4.78, 5) is 10.7. The minimum absolute atomic E-state index is 0.508. The normalized spacial score (nSPS) is 11.9. The number of ether oxygens (including phenoxy) is 1. The van der Waals surface area contributed by atoms with Gasteiger partial charge in [0.15, 0.2) is 0 Å². The van der Waals surface area contributed by atoms with Crippen LogP contribution in [0.15, 0.2) is 48.5 Å². The first-order chi connectivity index (χ1) is 12.1. The van der Waals surface area contributed by atoms with Crippen LogP contribution in [-0.4, -0.2) is 16.3 Å². The van der Waals surface area contributed by atoms with E-state index in [1.807, 2.05) is 42.5 Å². The van der Waals surface area contributed by atoms with Gasteiger partial charge in [-0.15, -0.1) is 0 Å². The Morgan fingerprint density at radius 3 is 2.52 bits per heavy atom. The first-order valence-electron chi connectivity index (χ1n) is 8.42. The summed E-state index contributed by atoms with van der Waals surface area (Å²) in [6, 6.07) is 15.7. The highest BCUT2D eigenvalue weighted by molar-refractivity contribution is 7.81. The molecule has 0 aromatic heterocycles. The molecule has 5 heteroatoms. The highest BCUT2D eigenvalue weighted by Gasteiger charge is 2.11. The van der Waals surface area contributed by atoms with Crippen LogP contribution in [0.3, 0.4) is 0 Å². The summed E-state index contributed by atoms with van der Waals surface area (Å²) in [5.74, 6) is 0.0549. The van der Waals surface area contributed by atoms with E-state index in [9.17, 15) is 4.79 Å². The molecule has 3 nitrogen and oxygen atoms in total. The van der Waals surface area contributed by atoms with Gasteiger partial charge in [0, 0.05) is 5.02 Å². The number of carboxylic acid groups (broad SMARTS) is 1. The highest BCUT2D eigenvalue weighted by atomic mass is 35.5. The fourth-order valence-corrected chi connectivity index (χ4v) is 2.85. The fraction of sp³-hybridized carbons (Fsp3) is 0.350. The summed E-state index contributed by atoms with van der Waals surface area (Å²) in [5.41, 5.74) is 2.25. The van der Waals surface area contributed by atoms with E-state index in [-0.39, 0.29) is 0 Å². The van der Waals surface area contributed by atoms with Crippen LogP contribution in [-0.2, 0) is 17.8 Å². The van der Waals surface area contributed by atoms with Gasteiger partial charge in [0.2, 0.25) is 0 Å². The lowest BCUT2D eigenvalue weighted by Gasteiger charge is -2.12. The van der Waals surface area contributed by atoms with E-state index in [1.165, 1.54) is 5.56 Å². The third-order valence-corrected chi connectivity index (χ3v) is 4.72. The number of thiol groups is 1. The number of hydrogen-bond acceptors (Lipinski definition) is 3. The number of aliphatic carboxylic acids is 1. The largest absolute Gasteiger partial charge is 0.489 e. The van der Waals surface area contributed by atoms with E-state index < -0.39 is 11.2 Å². The molecular weight excluding hydrogens is 356 g/mol. The van der Waals surface area contributed by atoms with Crippen molar-refractivity contribution < 1.29 is 14.6 Å². The number of carboxylic acids is 1. The molecule has 2 rings (SSSR count). The maximum Gasteiger partial charge on any atom is 0.316 e. The fourth-order valence-electron chi connectivity index (χ4n) is 2.55. The standard InChI is InChI=1S/C20H23ClO3S/c21-17-12-10-15(11-13-17)14-24-18-8-5-4-7-16(18)6-2-1-3-9-19(25)20(22)23/h4-5,7-8,10-13,19,25H,1-3,6,9,14H2,(H,22,23). The molecule has 0 saturated heterocycles. The van der Waals surface area contributed by atoms with Gasteiger partial charge in [0.25, 0.3) is 0 Å². The summed E-state index contributed by atoms with van der Waals surface area (Å²) < 4.78 is 5.96. The van der Waals surface area contributed by atoms with Crippen molar-refractivity contribution in [2.24, 2.45) is 0 Å². The quantitative estimate of drug-likeness (QED) is 0.429. The maximum absolute atomic E-state index is 10.7. The number of hydrogen-bond donors (Lipinski definition) is 2. The van der Waals surface area contributed by atoms with Gasteiger partial charge in [-0.2, -0.15) is 12.6 Å². The van der Waals surface area contributed by atoms with Crippen LogP contribution in [0.25, 0.3) is 0 Å². The summed E-state index contributed by atoms with van der Waals surface area (Å²) in [6.07, 6.45) is 4.37. The van der Waals surface area contributed by atoms with Gasteiger partial charge in [-0.3, -0.25) is 4.79 Å². The van der Waals surface area contributed by atoms with Crippen LogP contribution in [0.5, 0.6) is 5.75 Å². The van der Waals surface area contributed by atoms with Crippen LogP contribution in [0.2, 0.25) is 5.02 Å². The Hall–Kier alpha value is -1.65. The second kappa shape index (κ2) is 10.4. The summed E-state index contributed by atoms with van der Waals surface area (Å²) in [7, 11) is 0. The number of unbranched alkanes of at least 4 members (excludes halogenated alkanes) is 2. The Balaban J connectivity index is 1.79. The maximum atomic E-state index is 10.7. The van der Waals surface area contributed by atoms with Gasteiger partial charge in [0.05, 0.1) is 5.25 Å². The molecule has 0 fully saturated rings. The summed E-state index contributed by atoms with van der Waals surface area (Å²) >= 11 is 9.95. The minimum Gasteiger partial charge on any atom is -0.489 e. The van der Waals surface area contributed by atoms with Gasteiger partial charge in [-0.05, 0) is 48.6 Å². The lowest BCUT2D eigenvalue weighted by atomic mass is 10.0. The van der Waals surface area contributed by atoms with E-state index in [4.69, 9.17) is 21.4 Å². The average Bonchev–Trinajstić information content (AvgIpc) is 2.61. The van der Waals surface area contributed by atoms with Crippen molar-refractivity contribution in [3.63, 3.8) is 0 Å².